The molecule has 0 aliphatic rings. The van der Waals surface area contributed by atoms with Gasteiger partial charge < -0.3 is 11.1 Å². The predicted octanol–water partition coefficient (Wildman–Crippen LogP) is 3.34. The van der Waals surface area contributed by atoms with Crippen molar-refractivity contribution in [3.63, 3.8) is 0 Å². The summed E-state index contributed by atoms with van der Waals surface area (Å²) in [5.41, 5.74) is 6.58. The van der Waals surface area contributed by atoms with E-state index in [2.05, 4.69) is 17.2 Å². The Labute approximate surface area is 135 Å². The minimum absolute atomic E-state index is 0. The van der Waals surface area contributed by atoms with Gasteiger partial charge in [-0.15, -0.1) is 24.0 Å². The summed E-state index contributed by atoms with van der Waals surface area (Å²) < 4.78 is 12.8. The fourth-order valence-electron chi connectivity index (χ4n) is 1.46. The topological polar surface area (TPSA) is 50.4 Å². The molecule has 0 atom stereocenters. The molecule has 0 amide bonds. The van der Waals surface area contributed by atoms with E-state index in [0.717, 1.165) is 24.9 Å². The van der Waals surface area contributed by atoms with Crippen LogP contribution in [-0.4, -0.2) is 19.0 Å². The lowest BCUT2D eigenvalue weighted by molar-refractivity contribution is 0.627. The van der Waals surface area contributed by atoms with E-state index < -0.39 is 0 Å². The van der Waals surface area contributed by atoms with Gasteiger partial charge in [0.25, 0.3) is 0 Å². The van der Waals surface area contributed by atoms with Crippen molar-refractivity contribution in [2.24, 2.45) is 10.7 Å². The summed E-state index contributed by atoms with van der Waals surface area (Å²) in [5.74, 6) is 0.124. The van der Waals surface area contributed by atoms with Crippen LogP contribution in [0.5, 0.6) is 0 Å². The first-order valence-corrected chi connectivity index (χ1v) is 6.49. The molecular formula is C13H20ClFIN3. The normalized spacial score (nSPS) is 11.0. The molecule has 0 saturated heterocycles. The number of halogens is 3. The minimum atomic E-state index is -0.322. The van der Waals surface area contributed by atoms with Crippen LogP contribution in [0, 0.1) is 5.82 Å². The van der Waals surface area contributed by atoms with Crippen LogP contribution in [0.4, 0.5) is 4.39 Å². The smallest absolute Gasteiger partial charge is 0.188 e. The third-order valence-corrected chi connectivity index (χ3v) is 2.86. The Morgan fingerprint density at radius 3 is 2.84 bits per heavy atom. The van der Waals surface area contributed by atoms with Crippen LogP contribution in [0.1, 0.15) is 25.3 Å². The number of aliphatic imine (C=N–C) groups is 1. The van der Waals surface area contributed by atoms with Crippen LogP contribution in [0.25, 0.3) is 0 Å². The Morgan fingerprint density at radius 1 is 1.47 bits per heavy atom. The molecule has 3 nitrogen and oxygen atoms in total. The van der Waals surface area contributed by atoms with Crippen molar-refractivity contribution in [2.75, 3.05) is 13.1 Å². The summed E-state index contributed by atoms with van der Waals surface area (Å²) in [4.78, 5) is 4.17. The molecule has 3 N–H and O–H groups in total. The number of benzene rings is 1. The maximum absolute atomic E-state index is 12.8. The number of guanidine groups is 1. The maximum atomic E-state index is 12.8. The number of hydrogen-bond donors (Lipinski definition) is 2. The molecule has 6 heteroatoms. The zero-order valence-corrected chi connectivity index (χ0v) is 14.0. The number of nitrogens with two attached hydrogens (primary N) is 1. The average Bonchev–Trinajstić information content (AvgIpc) is 2.32. The Balaban J connectivity index is 0.00000324. The first-order valence-electron chi connectivity index (χ1n) is 6.11. The summed E-state index contributed by atoms with van der Waals surface area (Å²) in [5, 5.41) is 3.45. The van der Waals surface area contributed by atoms with E-state index in [1.54, 1.807) is 6.07 Å². The highest BCUT2D eigenvalue weighted by Gasteiger charge is 2.01. The van der Waals surface area contributed by atoms with Gasteiger partial charge in [0.1, 0.15) is 5.82 Å². The van der Waals surface area contributed by atoms with Crippen LogP contribution >= 0.6 is 35.6 Å². The number of nitrogens with zero attached hydrogens (tertiary/aromatic N) is 1. The molecule has 1 aromatic carbocycles. The number of rotatable bonds is 6. The Bertz CT molecular complexity index is 413. The van der Waals surface area contributed by atoms with Crippen LogP contribution < -0.4 is 11.1 Å². The molecule has 1 rings (SSSR count). The molecule has 108 valence electrons. The minimum Gasteiger partial charge on any atom is -0.370 e. The number of unbranched alkanes of at least 4 members (excludes halogenated alkanes) is 1. The Hall–Kier alpha value is -0.560. The monoisotopic (exact) mass is 399 g/mol. The summed E-state index contributed by atoms with van der Waals surface area (Å²) >= 11 is 5.92. The van der Waals surface area contributed by atoms with Gasteiger partial charge in [0.05, 0.1) is 0 Å². The Kier molecular flexibility index (Phi) is 9.95. The number of hydrogen-bond acceptors (Lipinski definition) is 1. The largest absolute Gasteiger partial charge is 0.370 e. The van der Waals surface area contributed by atoms with Gasteiger partial charge in [-0.1, -0.05) is 31.0 Å². The van der Waals surface area contributed by atoms with Crippen LogP contribution in [0.2, 0.25) is 5.02 Å². The third kappa shape index (κ3) is 7.57. The molecule has 0 aliphatic heterocycles. The van der Waals surface area contributed by atoms with E-state index in [1.807, 2.05) is 0 Å². The van der Waals surface area contributed by atoms with Gasteiger partial charge >= 0.3 is 0 Å². The quantitative estimate of drug-likeness (QED) is 0.334. The van der Waals surface area contributed by atoms with Crippen LogP contribution in [0.15, 0.2) is 23.2 Å². The molecule has 19 heavy (non-hydrogen) atoms. The average molecular weight is 400 g/mol. The van der Waals surface area contributed by atoms with Crippen molar-refractivity contribution < 1.29 is 4.39 Å². The van der Waals surface area contributed by atoms with E-state index >= 15 is 0 Å². The lowest BCUT2D eigenvalue weighted by Gasteiger charge is -2.07. The molecule has 0 heterocycles. The highest BCUT2D eigenvalue weighted by atomic mass is 127. The van der Waals surface area contributed by atoms with Crippen molar-refractivity contribution in [2.45, 2.75) is 26.2 Å². The molecule has 0 fully saturated rings. The summed E-state index contributed by atoms with van der Waals surface area (Å²) in [6, 6.07) is 4.40. The van der Waals surface area contributed by atoms with Crippen molar-refractivity contribution in [3.8, 4) is 0 Å². The molecule has 0 aliphatic carbocycles. The van der Waals surface area contributed by atoms with Crippen molar-refractivity contribution in [1.29, 1.82) is 0 Å². The first-order chi connectivity index (χ1) is 8.63. The van der Waals surface area contributed by atoms with E-state index in [4.69, 9.17) is 17.3 Å². The Morgan fingerprint density at radius 2 is 2.21 bits per heavy atom. The van der Waals surface area contributed by atoms with Crippen molar-refractivity contribution in [1.82, 2.24) is 5.32 Å². The molecule has 0 aromatic heterocycles. The molecule has 0 unspecified atom stereocenters. The lowest BCUT2D eigenvalue weighted by atomic mass is 10.1. The molecule has 0 radical (unpaired) electrons. The van der Waals surface area contributed by atoms with Crippen molar-refractivity contribution in [3.05, 3.63) is 34.6 Å². The summed E-state index contributed by atoms with van der Waals surface area (Å²) in [7, 11) is 0. The fraction of sp³-hybridized carbons (Fsp3) is 0.462. The van der Waals surface area contributed by atoms with Crippen molar-refractivity contribution >= 4 is 41.5 Å². The number of nitrogens with one attached hydrogen (secondary N) is 1. The molecular weight excluding hydrogens is 380 g/mol. The summed E-state index contributed by atoms with van der Waals surface area (Å²) in [6.07, 6.45) is 2.82. The first kappa shape index (κ1) is 18.4. The van der Waals surface area contributed by atoms with E-state index in [1.165, 1.54) is 12.1 Å². The molecule has 1 aromatic rings. The van der Waals surface area contributed by atoms with Crippen LogP contribution in [-0.2, 0) is 6.42 Å². The zero-order chi connectivity index (χ0) is 13.4. The second-order valence-electron chi connectivity index (χ2n) is 4.03. The SMILES string of the molecule is CCCCN=C(N)NCCc1ccc(F)cc1Cl.I. The van der Waals surface area contributed by atoms with E-state index in [0.29, 0.717) is 23.9 Å². The highest BCUT2D eigenvalue weighted by molar-refractivity contribution is 14.0. The lowest BCUT2D eigenvalue weighted by Crippen LogP contribution is -2.33. The second kappa shape index (κ2) is 10.3. The zero-order valence-electron chi connectivity index (χ0n) is 11.0. The van der Waals surface area contributed by atoms with E-state index in [9.17, 15) is 4.39 Å². The van der Waals surface area contributed by atoms with Gasteiger partial charge in [0.15, 0.2) is 5.96 Å². The fourth-order valence-corrected chi connectivity index (χ4v) is 1.72. The molecule has 0 saturated carbocycles. The van der Waals surface area contributed by atoms with Gasteiger partial charge in [-0.05, 0) is 30.5 Å². The second-order valence-corrected chi connectivity index (χ2v) is 4.44. The van der Waals surface area contributed by atoms with Gasteiger partial charge in [0, 0.05) is 18.1 Å². The van der Waals surface area contributed by atoms with Gasteiger partial charge in [0.2, 0.25) is 0 Å². The third-order valence-electron chi connectivity index (χ3n) is 2.51. The standard InChI is InChI=1S/C13H19ClFN3.HI/c1-2-3-7-17-13(16)18-8-6-10-4-5-11(15)9-12(10)14;/h4-5,9H,2-3,6-8H2,1H3,(H3,16,17,18);1H. The maximum Gasteiger partial charge on any atom is 0.188 e. The van der Waals surface area contributed by atoms with Gasteiger partial charge in [-0.25, -0.2) is 4.39 Å². The predicted molar refractivity (Wildman–Crippen MR) is 89.9 cm³/mol. The van der Waals surface area contributed by atoms with Gasteiger partial charge in [-0.2, -0.15) is 0 Å². The summed E-state index contributed by atoms with van der Waals surface area (Å²) in [6.45, 7) is 3.48. The van der Waals surface area contributed by atoms with Crippen LogP contribution in [0.3, 0.4) is 0 Å². The molecule has 0 bridgehead atoms. The molecule has 0 spiro atoms. The highest BCUT2D eigenvalue weighted by Crippen LogP contribution is 2.17. The van der Waals surface area contributed by atoms with Gasteiger partial charge in [-0.3, -0.25) is 4.99 Å². The van der Waals surface area contributed by atoms with E-state index in [-0.39, 0.29) is 29.8 Å².